The lowest BCUT2D eigenvalue weighted by Crippen LogP contribution is -2.50. The third kappa shape index (κ3) is 11.9. The van der Waals surface area contributed by atoms with Gasteiger partial charge in [0.25, 0.3) is 5.91 Å². The summed E-state index contributed by atoms with van der Waals surface area (Å²) in [6.45, 7) is 6.85. The van der Waals surface area contributed by atoms with Crippen molar-refractivity contribution in [1.82, 2.24) is 21.3 Å². The van der Waals surface area contributed by atoms with Gasteiger partial charge in [-0.1, -0.05) is 84.9 Å². The van der Waals surface area contributed by atoms with Crippen molar-refractivity contribution in [3.8, 4) is 5.75 Å². The number of carbonyl (C=O) groups is 4. The van der Waals surface area contributed by atoms with Gasteiger partial charge in [0.05, 0.1) is 24.1 Å². The number of nitrogens with one attached hydrogen (secondary N) is 4. The normalized spacial score (nSPS) is 17.5. The van der Waals surface area contributed by atoms with Crippen molar-refractivity contribution < 1.29 is 29.0 Å². The average molecular weight is 736 g/mol. The van der Waals surface area contributed by atoms with Crippen LogP contribution in [-0.2, 0) is 21.0 Å². The van der Waals surface area contributed by atoms with Gasteiger partial charge in [-0.2, -0.15) is 0 Å². The van der Waals surface area contributed by atoms with Crippen molar-refractivity contribution in [2.75, 3.05) is 6.54 Å². The Labute approximate surface area is 317 Å². The van der Waals surface area contributed by atoms with Gasteiger partial charge in [0.1, 0.15) is 18.4 Å². The van der Waals surface area contributed by atoms with Gasteiger partial charge >= 0.3 is 0 Å². The van der Waals surface area contributed by atoms with Crippen molar-refractivity contribution in [3.63, 3.8) is 0 Å². The second kappa shape index (κ2) is 18.7. The van der Waals surface area contributed by atoms with Crippen molar-refractivity contribution in [1.29, 1.82) is 0 Å². The Morgan fingerprint density at radius 1 is 0.907 bits per heavy atom. The van der Waals surface area contributed by atoms with E-state index < -0.39 is 42.3 Å². The molecule has 1 aliphatic rings. The summed E-state index contributed by atoms with van der Waals surface area (Å²) in [6, 6.07) is 27.8. The zero-order chi connectivity index (χ0) is 38.7. The quantitative estimate of drug-likeness (QED) is 0.0934. The highest BCUT2D eigenvalue weighted by atomic mass is 16.5. The number of rotatable bonds is 16. The maximum Gasteiger partial charge on any atom is 0.255 e. The molecule has 4 aromatic rings. The molecule has 5 atom stereocenters. The average Bonchev–Trinajstić information content (AvgIpc) is 3.13. The van der Waals surface area contributed by atoms with Crippen LogP contribution in [-0.4, -0.2) is 59.0 Å². The molecule has 1 unspecified atom stereocenters. The number of primary amides is 1. The SMILES string of the molecule is CC(C)(C)NC(=O)C[C@@H]1NCCC[C@H]1C[C@@H](O)CC(NC(=O)[C@H](CC(N)=O)NC(=O)c1cc2ccccc2cc1OCc1ccccc1)c1ccccc1. The minimum Gasteiger partial charge on any atom is -0.488 e. The Bertz CT molecular complexity index is 1880. The molecular weight excluding hydrogens is 683 g/mol. The Balaban J connectivity index is 1.32. The van der Waals surface area contributed by atoms with Gasteiger partial charge in [0, 0.05) is 18.0 Å². The lowest BCUT2D eigenvalue weighted by Gasteiger charge is -2.35. The van der Waals surface area contributed by atoms with Gasteiger partial charge in [0.15, 0.2) is 0 Å². The number of ether oxygens (including phenoxy) is 1. The first-order chi connectivity index (χ1) is 25.8. The van der Waals surface area contributed by atoms with Crippen LogP contribution < -0.4 is 31.7 Å². The number of hydrogen-bond donors (Lipinski definition) is 6. The lowest BCUT2D eigenvalue weighted by atomic mass is 9.83. The molecule has 5 rings (SSSR count). The van der Waals surface area contributed by atoms with Gasteiger partial charge in [-0.15, -0.1) is 0 Å². The molecule has 0 aliphatic carbocycles. The lowest BCUT2D eigenvalue weighted by molar-refractivity contribution is -0.127. The summed E-state index contributed by atoms with van der Waals surface area (Å²) < 4.78 is 6.15. The fraction of sp³-hybridized carbons (Fsp3) is 0.395. The van der Waals surface area contributed by atoms with Gasteiger partial charge in [-0.05, 0) is 92.9 Å². The Morgan fingerprint density at radius 2 is 1.56 bits per heavy atom. The summed E-state index contributed by atoms with van der Waals surface area (Å²) in [6.07, 6.45) is 1.43. The fourth-order valence-corrected chi connectivity index (χ4v) is 7.06. The minimum absolute atomic E-state index is 0.0445. The number of hydrogen-bond acceptors (Lipinski definition) is 7. The molecule has 1 heterocycles. The molecule has 0 spiro atoms. The fourth-order valence-electron chi connectivity index (χ4n) is 7.06. The number of benzene rings is 4. The van der Waals surface area contributed by atoms with E-state index >= 15 is 0 Å². The summed E-state index contributed by atoms with van der Waals surface area (Å²) in [5.74, 6) is -1.66. The summed E-state index contributed by atoms with van der Waals surface area (Å²) in [4.78, 5) is 53.0. The molecule has 1 saturated heterocycles. The molecule has 7 N–H and O–H groups in total. The molecule has 1 fully saturated rings. The van der Waals surface area contributed by atoms with E-state index in [0.717, 1.165) is 41.3 Å². The molecule has 0 radical (unpaired) electrons. The molecular formula is C43H53N5O6. The monoisotopic (exact) mass is 735 g/mol. The molecule has 286 valence electrons. The number of nitrogens with two attached hydrogens (primary N) is 1. The van der Waals surface area contributed by atoms with Crippen LogP contribution in [0.4, 0.5) is 0 Å². The first-order valence-corrected chi connectivity index (χ1v) is 18.7. The van der Waals surface area contributed by atoms with E-state index in [9.17, 15) is 24.3 Å². The predicted molar refractivity (Wildman–Crippen MR) is 209 cm³/mol. The Hall–Kier alpha value is -5.26. The van der Waals surface area contributed by atoms with Crippen LogP contribution in [0.15, 0.2) is 97.1 Å². The first-order valence-electron chi connectivity index (χ1n) is 18.7. The molecule has 0 bridgehead atoms. The van der Waals surface area contributed by atoms with Crippen molar-refractivity contribution >= 4 is 34.4 Å². The summed E-state index contributed by atoms with van der Waals surface area (Å²) >= 11 is 0. The molecule has 11 heteroatoms. The third-order valence-corrected chi connectivity index (χ3v) is 9.60. The zero-order valence-electron chi connectivity index (χ0n) is 31.3. The molecule has 4 aromatic carbocycles. The van der Waals surface area contributed by atoms with E-state index in [1.165, 1.54) is 0 Å². The number of carbonyl (C=O) groups excluding carboxylic acids is 4. The number of fused-ring (bicyclic) bond motifs is 1. The highest BCUT2D eigenvalue weighted by molar-refractivity contribution is 6.04. The zero-order valence-corrected chi connectivity index (χ0v) is 31.3. The van der Waals surface area contributed by atoms with Gasteiger partial charge in [0.2, 0.25) is 17.7 Å². The highest BCUT2D eigenvalue weighted by Crippen LogP contribution is 2.29. The van der Waals surface area contributed by atoms with Crippen LogP contribution in [0.25, 0.3) is 10.8 Å². The summed E-state index contributed by atoms with van der Waals surface area (Å²) in [5, 5.41) is 25.4. The maximum absolute atomic E-state index is 14.0. The summed E-state index contributed by atoms with van der Waals surface area (Å²) in [5.41, 5.74) is 7.13. The van der Waals surface area contributed by atoms with Crippen LogP contribution in [0.2, 0.25) is 0 Å². The second-order valence-corrected chi connectivity index (χ2v) is 15.2. The topological polar surface area (TPSA) is 172 Å². The number of amides is 4. The second-order valence-electron chi connectivity index (χ2n) is 15.2. The van der Waals surface area contributed by atoms with E-state index in [-0.39, 0.29) is 42.0 Å². The van der Waals surface area contributed by atoms with Crippen LogP contribution in [0, 0.1) is 5.92 Å². The smallest absolute Gasteiger partial charge is 0.255 e. The van der Waals surface area contributed by atoms with Crippen molar-refractivity contribution in [2.24, 2.45) is 11.7 Å². The van der Waals surface area contributed by atoms with Crippen molar-refractivity contribution in [3.05, 3.63) is 114 Å². The molecule has 54 heavy (non-hydrogen) atoms. The largest absolute Gasteiger partial charge is 0.488 e. The van der Waals surface area contributed by atoms with Gasteiger partial charge in [-0.3, -0.25) is 19.2 Å². The van der Waals surface area contributed by atoms with E-state index in [1.807, 2.05) is 106 Å². The molecule has 0 saturated carbocycles. The summed E-state index contributed by atoms with van der Waals surface area (Å²) in [7, 11) is 0. The highest BCUT2D eigenvalue weighted by Gasteiger charge is 2.32. The minimum atomic E-state index is -1.31. The Kier molecular flexibility index (Phi) is 13.8. The van der Waals surface area contributed by atoms with E-state index in [0.29, 0.717) is 18.6 Å². The van der Waals surface area contributed by atoms with Crippen LogP contribution in [0.5, 0.6) is 5.75 Å². The molecule has 4 amide bonds. The van der Waals surface area contributed by atoms with Crippen LogP contribution in [0.3, 0.4) is 0 Å². The van der Waals surface area contributed by atoms with Crippen molar-refractivity contribution in [2.45, 2.75) is 95.7 Å². The molecule has 11 nitrogen and oxygen atoms in total. The number of aliphatic hydroxyl groups excluding tert-OH is 1. The van der Waals surface area contributed by atoms with E-state index in [2.05, 4.69) is 21.3 Å². The maximum atomic E-state index is 14.0. The van der Waals surface area contributed by atoms with Gasteiger partial charge < -0.3 is 36.8 Å². The first kappa shape index (κ1) is 39.9. The molecule has 1 aliphatic heterocycles. The van der Waals surface area contributed by atoms with E-state index in [1.54, 1.807) is 12.1 Å². The van der Waals surface area contributed by atoms with Crippen LogP contribution in [0.1, 0.15) is 86.8 Å². The van der Waals surface area contributed by atoms with Crippen LogP contribution >= 0.6 is 0 Å². The molecule has 0 aromatic heterocycles. The Morgan fingerprint density at radius 3 is 2.22 bits per heavy atom. The number of piperidine rings is 1. The standard InChI is InChI=1S/C43H53N5O6/c1-43(2,3)48-40(51)26-35-32(19-12-20-45-35)21-33(49)24-36(29-15-8-5-9-16-29)46-42(53)37(25-39(44)50)47-41(52)34-22-30-17-10-11-18-31(30)23-38(34)54-27-28-13-6-4-7-14-28/h4-11,13-18,22-23,32-33,35-37,45,49H,12,19-21,24-27H2,1-3H3,(H2,44,50)(H,46,53)(H,47,52)(H,48,51)/t32-,33+,35-,36?,37-/m0/s1. The number of aliphatic hydroxyl groups is 1. The van der Waals surface area contributed by atoms with E-state index in [4.69, 9.17) is 10.5 Å². The van der Waals surface area contributed by atoms with Gasteiger partial charge in [-0.25, -0.2) is 0 Å². The predicted octanol–water partition coefficient (Wildman–Crippen LogP) is 5.06. The third-order valence-electron chi connectivity index (χ3n) is 9.60.